The van der Waals surface area contributed by atoms with Crippen LogP contribution in [-0.2, 0) is 4.79 Å². The number of nitrogens with one attached hydrogen (secondary N) is 1. The molecule has 0 aliphatic heterocycles. The molecule has 6 heteroatoms. The van der Waals surface area contributed by atoms with Crippen LogP contribution in [0.4, 0.5) is 4.39 Å². The summed E-state index contributed by atoms with van der Waals surface area (Å²) in [5, 5.41) is 13.3. The van der Waals surface area contributed by atoms with Crippen LogP contribution in [0, 0.1) is 11.7 Å². The molecular formula is C18H25FN2O3. The van der Waals surface area contributed by atoms with Crippen LogP contribution >= 0.6 is 0 Å². The summed E-state index contributed by atoms with van der Waals surface area (Å²) in [6, 6.07) is 5.90. The number of carbonyl (C=O) groups excluding carboxylic acids is 1. The van der Waals surface area contributed by atoms with Crippen molar-refractivity contribution in [2.75, 3.05) is 6.54 Å². The van der Waals surface area contributed by atoms with Crippen molar-refractivity contribution in [2.45, 2.75) is 56.3 Å². The Balaban J connectivity index is 1.50. The molecule has 0 aromatic heterocycles. The molecule has 1 aromatic carbocycles. The molecule has 0 radical (unpaired) electrons. The van der Waals surface area contributed by atoms with E-state index < -0.39 is 11.6 Å². The minimum Gasteiger partial charge on any atom is -0.488 e. The number of hydrogen-bond acceptors (Lipinski definition) is 4. The van der Waals surface area contributed by atoms with Crippen LogP contribution < -0.4 is 15.8 Å². The zero-order valence-electron chi connectivity index (χ0n) is 13.7. The third-order valence-electron chi connectivity index (χ3n) is 5.24. The molecule has 0 unspecified atom stereocenters. The highest BCUT2D eigenvalue weighted by Crippen LogP contribution is 2.31. The van der Waals surface area contributed by atoms with Crippen molar-refractivity contribution in [2.24, 2.45) is 11.7 Å². The minimum absolute atomic E-state index is 0.0717. The summed E-state index contributed by atoms with van der Waals surface area (Å²) in [6.07, 6.45) is 3.76. The van der Waals surface area contributed by atoms with Gasteiger partial charge in [0.1, 0.15) is 17.7 Å². The summed E-state index contributed by atoms with van der Waals surface area (Å²) in [5.74, 6) is -0.150. The molecule has 1 amide bonds. The standard InChI is InChI=1S/C18H25FN2O3/c19-13-4-3-5-14(10-13)24-15-7-6-12(16(15)22)11-21-17(23)18(20)8-1-2-9-18/h3-5,10,12,15-16,22H,1-2,6-9,11,20H2,(H,21,23)/t12-,15-,16-/m1/s1. The first kappa shape index (κ1) is 17.2. The van der Waals surface area contributed by atoms with Gasteiger partial charge in [0.05, 0.1) is 11.6 Å². The van der Waals surface area contributed by atoms with E-state index in [2.05, 4.69) is 5.32 Å². The van der Waals surface area contributed by atoms with Gasteiger partial charge in [-0.05, 0) is 37.8 Å². The monoisotopic (exact) mass is 336 g/mol. The maximum atomic E-state index is 13.2. The van der Waals surface area contributed by atoms with E-state index in [4.69, 9.17) is 10.5 Å². The van der Waals surface area contributed by atoms with Crippen LogP contribution in [0.25, 0.3) is 0 Å². The van der Waals surface area contributed by atoms with Gasteiger partial charge in [0.25, 0.3) is 0 Å². The van der Waals surface area contributed by atoms with E-state index in [9.17, 15) is 14.3 Å². The van der Waals surface area contributed by atoms with Crippen LogP contribution in [-0.4, -0.2) is 35.3 Å². The average molecular weight is 336 g/mol. The molecule has 0 spiro atoms. The van der Waals surface area contributed by atoms with Gasteiger partial charge in [-0.1, -0.05) is 18.9 Å². The second-order valence-electron chi connectivity index (χ2n) is 7.01. The highest BCUT2D eigenvalue weighted by atomic mass is 19.1. The number of hydrogen-bond donors (Lipinski definition) is 3. The molecule has 2 fully saturated rings. The van der Waals surface area contributed by atoms with Crippen molar-refractivity contribution >= 4 is 5.91 Å². The quantitative estimate of drug-likeness (QED) is 0.764. The van der Waals surface area contributed by atoms with Gasteiger partial charge < -0.3 is 20.9 Å². The summed E-state index contributed by atoms with van der Waals surface area (Å²) in [6.45, 7) is 0.391. The first-order valence-corrected chi connectivity index (χ1v) is 8.65. The molecule has 5 nitrogen and oxygen atoms in total. The lowest BCUT2D eigenvalue weighted by Crippen LogP contribution is -2.53. The van der Waals surface area contributed by atoms with Crippen molar-refractivity contribution in [3.05, 3.63) is 30.1 Å². The topological polar surface area (TPSA) is 84.6 Å². The number of ether oxygens (including phenoxy) is 1. The van der Waals surface area contributed by atoms with E-state index in [1.54, 1.807) is 12.1 Å². The largest absolute Gasteiger partial charge is 0.488 e. The molecule has 1 aromatic rings. The van der Waals surface area contributed by atoms with Crippen molar-refractivity contribution < 1.29 is 19.0 Å². The van der Waals surface area contributed by atoms with Crippen molar-refractivity contribution in [3.63, 3.8) is 0 Å². The SMILES string of the molecule is NC1(C(=O)NC[C@H]2CC[C@@H](Oc3cccc(F)c3)[C@@H]2O)CCCC1. The number of aliphatic hydroxyl groups is 1. The smallest absolute Gasteiger partial charge is 0.240 e. The van der Waals surface area contributed by atoms with E-state index >= 15 is 0 Å². The highest BCUT2D eigenvalue weighted by Gasteiger charge is 2.40. The highest BCUT2D eigenvalue weighted by molar-refractivity contribution is 5.86. The Bertz CT molecular complexity index is 589. The van der Waals surface area contributed by atoms with Crippen molar-refractivity contribution in [3.8, 4) is 5.75 Å². The summed E-state index contributed by atoms with van der Waals surface area (Å²) >= 11 is 0. The van der Waals surface area contributed by atoms with Gasteiger partial charge in [0.15, 0.2) is 0 Å². The Morgan fingerprint density at radius 1 is 1.38 bits per heavy atom. The maximum absolute atomic E-state index is 13.2. The van der Waals surface area contributed by atoms with Crippen molar-refractivity contribution in [1.82, 2.24) is 5.32 Å². The first-order chi connectivity index (χ1) is 11.5. The van der Waals surface area contributed by atoms with E-state index in [1.165, 1.54) is 12.1 Å². The lowest BCUT2D eigenvalue weighted by molar-refractivity contribution is -0.126. The third-order valence-corrected chi connectivity index (χ3v) is 5.24. The van der Waals surface area contributed by atoms with Crippen LogP contribution in [0.1, 0.15) is 38.5 Å². The molecule has 2 aliphatic carbocycles. The van der Waals surface area contributed by atoms with Gasteiger partial charge in [-0.15, -0.1) is 0 Å². The summed E-state index contributed by atoms with van der Waals surface area (Å²) < 4.78 is 18.9. The van der Waals surface area contributed by atoms with Crippen LogP contribution in [0.5, 0.6) is 5.75 Å². The van der Waals surface area contributed by atoms with Gasteiger partial charge in [-0.3, -0.25) is 4.79 Å². The van der Waals surface area contributed by atoms with E-state index in [0.717, 1.165) is 32.1 Å². The molecule has 0 heterocycles. The average Bonchev–Trinajstić information content (AvgIpc) is 3.14. The maximum Gasteiger partial charge on any atom is 0.240 e. The molecule has 132 valence electrons. The fourth-order valence-corrected chi connectivity index (χ4v) is 3.72. The minimum atomic E-state index is -0.749. The number of benzene rings is 1. The molecule has 3 atom stereocenters. The Hall–Kier alpha value is -1.66. The number of halogens is 1. The number of rotatable bonds is 5. The Morgan fingerprint density at radius 2 is 2.12 bits per heavy atom. The van der Waals surface area contributed by atoms with Gasteiger partial charge in [-0.2, -0.15) is 0 Å². The second-order valence-corrected chi connectivity index (χ2v) is 7.01. The van der Waals surface area contributed by atoms with Crippen LogP contribution in [0.15, 0.2) is 24.3 Å². The Kier molecular flexibility index (Phi) is 5.06. The summed E-state index contributed by atoms with van der Waals surface area (Å²) in [4.78, 5) is 12.2. The molecule has 3 rings (SSSR count). The van der Waals surface area contributed by atoms with Gasteiger partial charge >= 0.3 is 0 Å². The fourth-order valence-electron chi connectivity index (χ4n) is 3.72. The van der Waals surface area contributed by atoms with Crippen molar-refractivity contribution in [1.29, 1.82) is 0 Å². The number of carbonyl (C=O) groups is 1. The summed E-state index contributed by atoms with van der Waals surface area (Å²) in [5.41, 5.74) is 5.38. The second kappa shape index (κ2) is 7.07. The Labute approximate surface area is 141 Å². The molecule has 4 N–H and O–H groups in total. The lowest BCUT2D eigenvalue weighted by atomic mass is 9.97. The molecular weight excluding hydrogens is 311 g/mol. The lowest BCUT2D eigenvalue weighted by Gasteiger charge is -2.25. The number of aliphatic hydroxyl groups excluding tert-OH is 1. The van der Waals surface area contributed by atoms with Gasteiger partial charge in [0.2, 0.25) is 5.91 Å². The molecule has 0 bridgehead atoms. The van der Waals surface area contributed by atoms with E-state index in [-0.39, 0.29) is 23.7 Å². The molecule has 2 saturated carbocycles. The molecule has 24 heavy (non-hydrogen) atoms. The molecule has 0 saturated heterocycles. The predicted molar refractivity (Wildman–Crippen MR) is 87.9 cm³/mol. The fraction of sp³-hybridized carbons (Fsp3) is 0.611. The van der Waals surface area contributed by atoms with E-state index in [0.29, 0.717) is 18.7 Å². The Morgan fingerprint density at radius 3 is 2.83 bits per heavy atom. The predicted octanol–water partition coefficient (Wildman–Crippen LogP) is 1.73. The number of amides is 1. The summed E-state index contributed by atoms with van der Waals surface area (Å²) in [7, 11) is 0. The zero-order valence-corrected chi connectivity index (χ0v) is 13.7. The van der Waals surface area contributed by atoms with Gasteiger partial charge in [0, 0.05) is 18.5 Å². The molecule has 2 aliphatic rings. The van der Waals surface area contributed by atoms with Gasteiger partial charge in [-0.25, -0.2) is 4.39 Å². The van der Waals surface area contributed by atoms with Crippen LogP contribution in [0.3, 0.4) is 0 Å². The van der Waals surface area contributed by atoms with Crippen LogP contribution in [0.2, 0.25) is 0 Å². The number of nitrogens with two attached hydrogens (primary N) is 1. The van der Waals surface area contributed by atoms with E-state index in [1.807, 2.05) is 0 Å². The third kappa shape index (κ3) is 3.70. The first-order valence-electron chi connectivity index (χ1n) is 8.65. The zero-order chi connectivity index (χ0) is 17.2. The normalized spacial score (nSPS) is 28.7.